The minimum Gasteiger partial charge on any atom is -0.345 e. The van der Waals surface area contributed by atoms with Crippen molar-refractivity contribution < 1.29 is 22.8 Å². The summed E-state index contributed by atoms with van der Waals surface area (Å²) in [5.41, 5.74) is -0.398. The Bertz CT molecular complexity index is 1130. The number of fused-ring (bicyclic) bond motifs is 1. The molecule has 0 aliphatic rings. The Morgan fingerprint density at radius 3 is 2.54 bits per heavy atom. The molecule has 2 amide bonds. The third-order valence-corrected chi connectivity index (χ3v) is 3.81. The number of nitrogens with zero attached hydrogens (tertiary/aromatic N) is 2. The molecule has 3 rings (SSSR count). The van der Waals surface area contributed by atoms with Gasteiger partial charge in [0.15, 0.2) is 17.5 Å². The molecule has 0 bridgehead atoms. The largest absolute Gasteiger partial charge is 0.345 e. The second-order valence-electron chi connectivity index (χ2n) is 5.73. The number of halogens is 3. The first kappa shape index (κ1) is 19.1. The van der Waals surface area contributed by atoms with E-state index in [4.69, 9.17) is 0 Å². The molecule has 0 atom stereocenters. The fourth-order valence-electron chi connectivity index (χ4n) is 2.47. The number of rotatable bonds is 5. The summed E-state index contributed by atoms with van der Waals surface area (Å²) >= 11 is 0. The fraction of sp³-hybridized carbons (Fsp3) is 0.111. The average Bonchev–Trinajstić information content (AvgIpc) is 2.69. The molecule has 2 N–H and O–H groups in total. The highest BCUT2D eigenvalue weighted by molar-refractivity contribution is 5.94. The summed E-state index contributed by atoms with van der Waals surface area (Å²) in [6.45, 7) is -0.803. The van der Waals surface area contributed by atoms with Crippen LogP contribution in [0.4, 0.5) is 18.9 Å². The summed E-state index contributed by atoms with van der Waals surface area (Å²) < 4.78 is 40.9. The molecule has 144 valence electrons. The monoisotopic (exact) mass is 390 g/mol. The highest BCUT2D eigenvalue weighted by Gasteiger charge is 2.16. The van der Waals surface area contributed by atoms with Gasteiger partial charge in [-0.15, -0.1) is 0 Å². The standard InChI is InChI=1S/C18H13F3N4O3/c19-11-5-6-12(18(21)17(11)20)24-15(27)8-22-16(28)9-25-13-4-2-1-3-10(13)14(26)7-23-25/h1-7H,8-9H2,(H,22,28)(H,24,27). The van der Waals surface area contributed by atoms with Gasteiger partial charge in [0.2, 0.25) is 17.2 Å². The topological polar surface area (TPSA) is 93.1 Å². The van der Waals surface area contributed by atoms with Gasteiger partial charge >= 0.3 is 0 Å². The zero-order valence-electron chi connectivity index (χ0n) is 14.2. The number of carbonyl (C=O) groups is 2. The van der Waals surface area contributed by atoms with E-state index in [0.717, 1.165) is 12.3 Å². The quantitative estimate of drug-likeness (QED) is 0.647. The normalized spacial score (nSPS) is 10.7. The molecule has 28 heavy (non-hydrogen) atoms. The molecule has 0 radical (unpaired) electrons. The lowest BCUT2D eigenvalue weighted by Gasteiger charge is -2.10. The van der Waals surface area contributed by atoms with E-state index in [1.165, 1.54) is 4.68 Å². The van der Waals surface area contributed by atoms with Crippen LogP contribution in [0, 0.1) is 17.5 Å². The van der Waals surface area contributed by atoms with Gasteiger partial charge in [0.25, 0.3) is 0 Å². The van der Waals surface area contributed by atoms with Crippen molar-refractivity contribution in [2.75, 3.05) is 11.9 Å². The van der Waals surface area contributed by atoms with E-state index < -0.39 is 41.5 Å². The Morgan fingerprint density at radius 1 is 1.00 bits per heavy atom. The zero-order valence-corrected chi connectivity index (χ0v) is 14.2. The van der Waals surface area contributed by atoms with Gasteiger partial charge in [-0.25, -0.2) is 13.2 Å². The number of amides is 2. The number of nitrogens with one attached hydrogen (secondary N) is 2. The van der Waals surface area contributed by atoms with Crippen molar-refractivity contribution in [1.82, 2.24) is 15.1 Å². The number of carbonyl (C=O) groups excluding carboxylic acids is 2. The smallest absolute Gasteiger partial charge is 0.243 e. The molecule has 0 aliphatic carbocycles. The molecule has 1 aromatic heterocycles. The van der Waals surface area contributed by atoms with Gasteiger partial charge in [0.1, 0.15) is 6.54 Å². The Morgan fingerprint density at radius 2 is 1.75 bits per heavy atom. The van der Waals surface area contributed by atoms with Crippen LogP contribution in [0.1, 0.15) is 0 Å². The van der Waals surface area contributed by atoms with E-state index in [-0.39, 0.29) is 12.0 Å². The van der Waals surface area contributed by atoms with Crippen LogP contribution in [0.2, 0.25) is 0 Å². The van der Waals surface area contributed by atoms with Crippen molar-refractivity contribution in [3.05, 3.63) is 70.3 Å². The van der Waals surface area contributed by atoms with Crippen molar-refractivity contribution >= 4 is 28.4 Å². The molecule has 7 nitrogen and oxygen atoms in total. The maximum Gasteiger partial charge on any atom is 0.243 e. The van der Waals surface area contributed by atoms with Crippen molar-refractivity contribution in [2.24, 2.45) is 0 Å². The molecule has 0 fully saturated rings. The van der Waals surface area contributed by atoms with Crippen molar-refractivity contribution in [3.63, 3.8) is 0 Å². The lowest BCUT2D eigenvalue weighted by Crippen LogP contribution is -2.35. The van der Waals surface area contributed by atoms with E-state index in [2.05, 4.69) is 10.4 Å². The first-order chi connectivity index (χ1) is 13.4. The van der Waals surface area contributed by atoms with Crippen LogP contribution in [-0.2, 0) is 16.1 Å². The van der Waals surface area contributed by atoms with Gasteiger partial charge in [0, 0.05) is 5.39 Å². The van der Waals surface area contributed by atoms with Crippen LogP contribution in [0.5, 0.6) is 0 Å². The van der Waals surface area contributed by atoms with Crippen LogP contribution in [-0.4, -0.2) is 28.1 Å². The number of anilines is 1. The Balaban J connectivity index is 1.62. The second kappa shape index (κ2) is 7.91. The minimum absolute atomic E-state index is 0.270. The summed E-state index contributed by atoms with van der Waals surface area (Å²) in [5.74, 6) is -6.07. The van der Waals surface area contributed by atoms with Crippen LogP contribution in [0.15, 0.2) is 47.4 Å². The number of aromatic nitrogens is 2. The number of benzene rings is 2. The van der Waals surface area contributed by atoms with E-state index >= 15 is 0 Å². The minimum atomic E-state index is -1.71. The first-order valence-electron chi connectivity index (χ1n) is 8.01. The highest BCUT2D eigenvalue weighted by atomic mass is 19.2. The van der Waals surface area contributed by atoms with Crippen molar-refractivity contribution in [2.45, 2.75) is 6.54 Å². The Hall–Kier alpha value is -3.69. The molecule has 0 unspecified atom stereocenters. The third kappa shape index (κ3) is 4.00. The highest BCUT2D eigenvalue weighted by Crippen LogP contribution is 2.19. The van der Waals surface area contributed by atoms with Gasteiger partial charge in [-0.1, -0.05) is 12.1 Å². The number of hydrogen-bond acceptors (Lipinski definition) is 4. The van der Waals surface area contributed by atoms with E-state index in [1.807, 2.05) is 5.32 Å². The first-order valence-corrected chi connectivity index (χ1v) is 8.01. The van der Waals surface area contributed by atoms with Gasteiger partial charge in [-0.3, -0.25) is 19.1 Å². The predicted octanol–water partition coefficient (Wildman–Crippen LogP) is 1.57. The summed E-state index contributed by atoms with van der Waals surface area (Å²) in [6, 6.07) is 8.11. The Kier molecular flexibility index (Phi) is 5.39. The zero-order chi connectivity index (χ0) is 20.3. The summed E-state index contributed by atoms with van der Waals surface area (Å²) in [4.78, 5) is 35.6. The summed E-state index contributed by atoms with van der Waals surface area (Å²) in [7, 11) is 0. The molecular formula is C18H13F3N4O3. The third-order valence-electron chi connectivity index (χ3n) is 3.81. The van der Waals surface area contributed by atoms with Crippen molar-refractivity contribution in [3.8, 4) is 0 Å². The predicted molar refractivity (Wildman–Crippen MR) is 94.0 cm³/mol. The fourth-order valence-corrected chi connectivity index (χ4v) is 2.47. The lowest BCUT2D eigenvalue weighted by molar-refractivity contribution is -0.124. The number of para-hydroxylation sites is 1. The molecule has 2 aromatic carbocycles. The van der Waals surface area contributed by atoms with Gasteiger partial charge in [-0.05, 0) is 24.3 Å². The summed E-state index contributed by atoms with van der Waals surface area (Å²) in [5, 5.41) is 8.60. The van der Waals surface area contributed by atoms with Gasteiger partial charge < -0.3 is 10.6 Å². The lowest BCUT2D eigenvalue weighted by atomic mass is 10.2. The Labute approximate surface area is 155 Å². The number of hydrogen-bond donors (Lipinski definition) is 2. The van der Waals surface area contributed by atoms with Crippen molar-refractivity contribution in [1.29, 1.82) is 0 Å². The maximum atomic E-state index is 13.5. The average molecular weight is 390 g/mol. The maximum absolute atomic E-state index is 13.5. The van der Waals surface area contributed by atoms with Crippen LogP contribution in [0.3, 0.4) is 0 Å². The molecule has 1 heterocycles. The van der Waals surface area contributed by atoms with E-state index in [9.17, 15) is 27.6 Å². The van der Waals surface area contributed by atoms with Crippen LogP contribution in [0.25, 0.3) is 10.9 Å². The molecule has 0 saturated heterocycles. The van der Waals surface area contributed by atoms with E-state index in [1.54, 1.807) is 24.3 Å². The molecular weight excluding hydrogens is 377 g/mol. The van der Waals surface area contributed by atoms with Gasteiger partial charge in [-0.2, -0.15) is 5.10 Å². The molecule has 3 aromatic rings. The van der Waals surface area contributed by atoms with Gasteiger partial charge in [0.05, 0.1) is 23.9 Å². The van der Waals surface area contributed by atoms with Crippen LogP contribution < -0.4 is 16.1 Å². The van der Waals surface area contributed by atoms with Crippen LogP contribution >= 0.6 is 0 Å². The molecule has 0 aliphatic heterocycles. The molecule has 0 saturated carbocycles. The second-order valence-corrected chi connectivity index (χ2v) is 5.73. The van der Waals surface area contributed by atoms with E-state index in [0.29, 0.717) is 17.0 Å². The molecule has 0 spiro atoms. The summed E-state index contributed by atoms with van der Waals surface area (Å²) in [6.07, 6.45) is 1.08. The SMILES string of the molecule is O=C(Cn1ncc(=O)c2ccccc21)NCC(=O)Nc1ccc(F)c(F)c1F. The molecule has 10 heteroatoms.